The summed E-state index contributed by atoms with van der Waals surface area (Å²) in [5.41, 5.74) is 1.51. The molecule has 4 heteroatoms. The molecule has 1 amide bonds. The summed E-state index contributed by atoms with van der Waals surface area (Å²) in [5.74, 6) is -0.681. The SMILES string of the molecule is [2H]CC(=O)OCc1ccc(NC(C)=O)cc1. The Hall–Kier alpha value is -1.84. The van der Waals surface area contributed by atoms with Crippen molar-refractivity contribution in [2.45, 2.75) is 20.4 Å². The van der Waals surface area contributed by atoms with Gasteiger partial charge in [-0.05, 0) is 17.7 Å². The van der Waals surface area contributed by atoms with E-state index in [1.54, 1.807) is 24.3 Å². The monoisotopic (exact) mass is 208 g/mol. The fraction of sp³-hybridized carbons (Fsp3) is 0.273. The van der Waals surface area contributed by atoms with Gasteiger partial charge in [-0.2, -0.15) is 0 Å². The number of ether oxygens (including phenoxy) is 1. The van der Waals surface area contributed by atoms with Crippen molar-refractivity contribution in [2.75, 3.05) is 5.32 Å². The van der Waals surface area contributed by atoms with Gasteiger partial charge in [0.15, 0.2) is 0 Å². The van der Waals surface area contributed by atoms with Gasteiger partial charge >= 0.3 is 5.97 Å². The lowest BCUT2D eigenvalue weighted by Gasteiger charge is -2.04. The van der Waals surface area contributed by atoms with Gasteiger partial charge in [-0.25, -0.2) is 0 Å². The van der Waals surface area contributed by atoms with E-state index in [0.29, 0.717) is 5.69 Å². The van der Waals surface area contributed by atoms with Gasteiger partial charge in [-0.15, -0.1) is 0 Å². The number of carbonyl (C=O) groups is 2. The predicted molar refractivity (Wildman–Crippen MR) is 56.2 cm³/mol. The third-order valence-electron chi connectivity index (χ3n) is 1.67. The van der Waals surface area contributed by atoms with Crippen LogP contribution in [0.2, 0.25) is 0 Å². The highest BCUT2D eigenvalue weighted by molar-refractivity contribution is 5.88. The Bertz CT molecular complexity index is 375. The van der Waals surface area contributed by atoms with Gasteiger partial charge in [0.1, 0.15) is 6.61 Å². The molecule has 0 unspecified atom stereocenters. The summed E-state index contributed by atoms with van der Waals surface area (Å²) in [4.78, 5) is 21.5. The molecule has 0 bridgehead atoms. The minimum atomic E-state index is -0.550. The molecule has 1 rings (SSSR count). The van der Waals surface area contributed by atoms with Crippen LogP contribution in [0.5, 0.6) is 0 Å². The topological polar surface area (TPSA) is 55.4 Å². The third kappa shape index (κ3) is 4.26. The van der Waals surface area contributed by atoms with Crippen molar-refractivity contribution in [3.05, 3.63) is 29.8 Å². The Morgan fingerprint density at radius 1 is 1.40 bits per heavy atom. The first-order valence-corrected chi connectivity index (χ1v) is 4.43. The molecule has 1 aromatic carbocycles. The van der Waals surface area contributed by atoms with E-state index >= 15 is 0 Å². The third-order valence-corrected chi connectivity index (χ3v) is 1.67. The van der Waals surface area contributed by atoms with Crippen molar-refractivity contribution in [1.82, 2.24) is 0 Å². The number of nitrogens with one attached hydrogen (secondary N) is 1. The maximum Gasteiger partial charge on any atom is 0.302 e. The normalized spacial score (nSPS) is 10.3. The molecule has 0 aliphatic heterocycles. The van der Waals surface area contributed by atoms with Crippen molar-refractivity contribution in [2.24, 2.45) is 0 Å². The summed E-state index contributed by atoms with van der Waals surface area (Å²) < 4.78 is 11.5. The Morgan fingerprint density at radius 3 is 2.60 bits per heavy atom. The minimum absolute atomic E-state index is 0.131. The van der Waals surface area contributed by atoms with Crippen LogP contribution in [0.15, 0.2) is 24.3 Å². The van der Waals surface area contributed by atoms with E-state index in [0.717, 1.165) is 5.56 Å². The molecule has 0 saturated heterocycles. The number of rotatable bonds is 3. The molecular formula is C11H13NO3. The van der Waals surface area contributed by atoms with Crippen LogP contribution in [-0.2, 0) is 20.9 Å². The van der Waals surface area contributed by atoms with E-state index in [-0.39, 0.29) is 19.4 Å². The molecule has 0 radical (unpaired) electrons. The minimum Gasteiger partial charge on any atom is -0.461 e. The van der Waals surface area contributed by atoms with Crippen molar-refractivity contribution in [3.63, 3.8) is 0 Å². The van der Waals surface area contributed by atoms with Crippen molar-refractivity contribution in [1.29, 1.82) is 0 Å². The van der Waals surface area contributed by atoms with Crippen molar-refractivity contribution >= 4 is 17.6 Å². The average Bonchev–Trinajstić information content (AvgIpc) is 2.27. The molecule has 0 heterocycles. The largest absolute Gasteiger partial charge is 0.461 e. The smallest absolute Gasteiger partial charge is 0.302 e. The van der Waals surface area contributed by atoms with E-state index in [1.165, 1.54) is 6.92 Å². The Morgan fingerprint density at radius 2 is 2.07 bits per heavy atom. The summed E-state index contributed by atoms with van der Waals surface area (Å²) in [7, 11) is 0. The second kappa shape index (κ2) is 5.14. The van der Waals surface area contributed by atoms with Gasteiger partial charge < -0.3 is 10.1 Å². The fourth-order valence-corrected chi connectivity index (χ4v) is 1.05. The first-order chi connectivity index (χ1) is 7.61. The second-order valence-corrected chi connectivity index (χ2v) is 3.04. The number of amides is 1. The Balaban J connectivity index is 2.51. The standard InChI is InChI=1S/C11H13NO3/c1-8(13)12-11-5-3-10(4-6-11)7-15-9(2)14/h3-6H,7H2,1-2H3,(H,12,13)/i2D. The summed E-state index contributed by atoms with van der Waals surface area (Å²) in [6.45, 7) is 1.21. The number of anilines is 1. The molecule has 0 saturated carbocycles. The quantitative estimate of drug-likeness (QED) is 0.769. The Kier molecular flexibility index (Phi) is 3.33. The maximum absolute atomic E-state index is 10.8. The highest BCUT2D eigenvalue weighted by Gasteiger charge is 1.98. The molecule has 0 aliphatic rings. The first kappa shape index (κ1) is 9.71. The Labute approximate surface area is 89.6 Å². The lowest BCUT2D eigenvalue weighted by atomic mass is 10.2. The average molecular weight is 208 g/mol. The lowest BCUT2D eigenvalue weighted by Crippen LogP contribution is -2.05. The molecule has 0 fully saturated rings. The molecule has 1 N–H and O–H groups in total. The van der Waals surface area contributed by atoms with Crippen LogP contribution in [0.25, 0.3) is 0 Å². The van der Waals surface area contributed by atoms with Gasteiger partial charge in [0, 0.05) is 20.9 Å². The number of hydrogen-bond acceptors (Lipinski definition) is 3. The van der Waals surface area contributed by atoms with Crippen LogP contribution in [0.1, 0.15) is 20.8 Å². The van der Waals surface area contributed by atoms with Crippen LogP contribution in [-0.4, -0.2) is 11.9 Å². The van der Waals surface area contributed by atoms with Gasteiger partial charge in [0.2, 0.25) is 5.91 Å². The van der Waals surface area contributed by atoms with Gasteiger partial charge in [-0.1, -0.05) is 12.1 Å². The number of esters is 1. The van der Waals surface area contributed by atoms with E-state index in [1.807, 2.05) is 0 Å². The summed E-state index contributed by atoms with van der Waals surface area (Å²) in [6, 6.07) is 6.96. The van der Waals surface area contributed by atoms with Crippen molar-refractivity contribution in [3.8, 4) is 0 Å². The van der Waals surface area contributed by atoms with E-state index in [4.69, 9.17) is 6.11 Å². The number of hydrogen-bond donors (Lipinski definition) is 1. The molecule has 1 aromatic rings. The first-order valence-electron chi connectivity index (χ1n) is 5.14. The fourth-order valence-electron chi connectivity index (χ4n) is 1.05. The van der Waals surface area contributed by atoms with Crippen LogP contribution < -0.4 is 5.32 Å². The van der Waals surface area contributed by atoms with Crippen LogP contribution in [0.4, 0.5) is 5.69 Å². The zero-order chi connectivity index (χ0) is 12.0. The van der Waals surface area contributed by atoms with E-state index < -0.39 is 5.97 Å². The number of benzene rings is 1. The van der Waals surface area contributed by atoms with Crippen molar-refractivity contribution < 1.29 is 15.7 Å². The molecule has 0 aliphatic carbocycles. The molecule has 0 atom stereocenters. The van der Waals surface area contributed by atoms with Crippen LogP contribution in [0.3, 0.4) is 0 Å². The van der Waals surface area contributed by atoms with E-state index in [2.05, 4.69) is 5.32 Å². The molecule has 0 aromatic heterocycles. The number of carbonyl (C=O) groups excluding carboxylic acids is 2. The van der Waals surface area contributed by atoms with Gasteiger partial charge in [0.05, 0.1) is 0 Å². The van der Waals surface area contributed by atoms with E-state index in [9.17, 15) is 9.59 Å². The zero-order valence-electron chi connectivity index (χ0n) is 9.45. The molecule has 0 spiro atoms. The molecule has 4 nitrogen and oxygen atoms in total. The highest BCUT2D eigenvalue weighted by atomic mass is 16.5. The zero-order valence-corrected chi connectivity index (χ0v) is 8.45. The second-order valence-electron chi connectivity index (χ2n) is 3.04. The summed E-state index contributed by atoms with van der Waals surface area (Å²) >= 11 is 0. The predicted octanol–water partition coefficient (Wildman–Crippen LogP) is 1.71. The highest BCUT2D eigenvalue weighted by Crippen LogP contribution is 2.10. The summed E-state index contributed by atoms with van der Waals surface area (Å²) in [5, 5.41) is 2.63. The van der Waals surface area contributed by atoms with Crippen LogP contribution in [0, 0.1) is 0 Å². The summed E-state index contributed by atoms with van der Waals surface area (Å²) in [6.07, 6.45) is 0. The molecule has 15 heavy (non-hydrogen) atoms. The van der Waals surface area contributed by atoms with Gasteiger partial charge in [0.25, 0.3) is 0 Å². The molecular weight excluding hydrogens is 194 g/mol. The lowest BCUT2D eigenvalue weighted by molar-refractivity contribution is -0.142. The van der Waals surface area contributed by atoms with Crippen LogP contribution >= 0.6 is 0 Å². The molecule has 80 valence electrons. The van der Waals surface area contributed by atoms with Gasteiger partial charge in [-0.3, -0.25) is 9.59 Å². The maximum atomic E-state index is 10.8.